The highest BCUT2D eigenvalue weighted by molar-refractivity contribution is 5.82. The van der Waals surface area contributed by atoms with E-state index in [1.807, 2.05) is 0 Å². The van der Waals surface area contributed by atoms with Gasteiger partial charge in [0.1, 0.15) is 0 Å². The van der Waals surface area contributed by atoms with Crippen molar-refractivity contribution in [1.29, 1.82) is 0 Å². The maximum Gasteiger partial charge on any atom is 0.0923 e. The molecular weight excluding hydrogens is 184 g/mol. The zero-order valence-electron chi connectivity index (χ0n) is 9.89. The van der Waals surface area contributed by atoms with E-state index in [9.17, 15) is 0 Å². The summed E-state index contributed by atoms with van der Waals surface area (Å²) in [7, 11) is 0. The van der Waals surface area contributed by atoms with Crippen LogP contribution in [0.15, 0.2) is 18.2 Å². The number of fused-ring (bicyclic) bond motifs is 1. The number of hydrogen-bond donors (Lipinski definition) is 1. The van der Waals surface area contributed by atoms with Gasteiger partial charge in [0.2, 0.25) is 0 Å². The first-order chi connectivity index (χ1) is 7.04. The normalized spacial score (nSPS) is 12.3. The standard InChI is InChI=1S/C13H18N2/c1-5-13(3,4)10-6-7-12-11(8-10)9(2)14-15-12/h6-8H,5H2,1-4H3,(H,14,15). The fourth-order valence-electron chi connectivity index (χ4n) is 1.76. The van der Waals surface area contributed by atoms with Crippen LogP contribution >= 0.6 is 0 Å². The molecule has 15 heavy (non-hydrogen) atoms. The average molecular weight is 202 g/mol. The summed E-state index contributed by atoms with van der Waals surface area (Å²) in [6, 6.07) is 6.55. The van der Waals surface area contributed by atoms with Gasteiger partial charge in [-0.1, -0.05) is 26.8 Å². The molecule has 0 bridgehead atoms. The second-order valence-corrected chi connectivity index (χ2v) is 4.82. The van der Waals surface area contributed by atoms with E-state index in [4.69, 9.17) is 0 Å². The highest BCUT2D eigenvalue weighted by Gasteiger charge is 2.18. The van der Waals surface area contributed by atoms with Crippen LogP contribution in [0.25, 0.3) is 10.9 Å². The van der Waals surface area contributed by atoms with Gasteiger partial charge in [0.25, 0.3) is 0 Å². The third-order valence-corrected chi connectivity index (χ3v) is 3.41. The molecule has 0 fully saturated rings. The van der Waals surface area contributed by atoms with Gasteiger partial charge < -0.3 is 0 Å². The molecule has 1 aromatic heterocycles. The highest BCUT2D eigenvalue weighted by Crippen LogP contribution is 2.29. The lowest BCUT2D eigenvalue weighted by Gasteiger charge is -2.23. The number of H-pyrrole nitrogens is 1. The molecule has 0 aliphatic rings. The van der Waals surface area contributed by atoms with Crippen LogP contribution in [0.3, 0.4) is 0 Å². The predicted octanol–water partition coefficient (Wildman–Crippen LogP) is 3.56. The fraction of sp³-hybridized carbons (Fsp3) is 0.462. The molecule has 0 atom stereocenters. The van der Waals surface area contributed by atoms with Crippen LogP contribution in [0.2, 0.25) is 0 Å². The highest BCUT2D eigenvalue weighted by atomic mass is 15.1. The van der Waals surface area contributed by atoms with Gasteiger partial charge >= 0.3 is 0 Å². The van der Waals surface area contributed by atoms with E-state index in [-0.39, 0.29) is 5.41 Å². The summed E-state index contributed by atoms with van der Waals surface area (Å²) in [6.45, 7) is 8.86. The van der Waals surface area contributed by atoms with Crippen molar-refractivity contribution in [3.63, 3.8) is 0 Å². The first-order valence-electron chi connectivity index (χ1n) is 5.50. The van der Waals surface area contributed by atoms with Crippen LogP contribution < -0.4 is 0 Å². The monoisotopic (exact) mass is 202 g/mol. The largest absolute Gasteiger partial charge is 0.282 e. The molecule has 0 aliphatic carbocycles. The Balaban J connectivity index is 2.59. The zero-order valence-corrected chi connectivity index (χ0v) is 9.89. The Hall–Kier alpha value is -1.31. The zero-order chi connectivity index (χ0) is 11.1. The van der Waals surface area contributed by atoms with Crippen molar-refractivity contribution in [2.75, 3.05) is 0 Å². The summed E-state index contributed by atoms with van der Waals surface area (Å²) in [4.78, 5) is 0. The number of benzene rings is 1. The van der Waals surface area contributed by atoms with Crippen LogP contribution in [0.1, 0.15) is 38.4 Å². The van der Waals surface area contributed by atoms with Gasteiger partial charge in [0, 0.05) is 11.1 Å². The molecule has 0 unspecified atom stereocenters. The van der Waals surface area contributed by atoms with Crippen LogP contribution in [-0.2, 0) is 5.41 Å². The Kier molecular flexibility index (Phi) is 2.29. The van der Waals surface area contributed by atoms with Crippen molar-refractivity contribution in [2.45, 2.75) is 39.5 Å². The van der Waals surface area contributed by atoms with E-state index >= 15 is 0 Å². The molecule has 0 saturated heterocycles. The number of nitrogens with one attached hydrogen (secondary N) is 1. The van der Waals surface area contributed by atoms with Crippen molar-refractivity contribution in [3.05, 3.63) is 29.5 Å². The minimum absolute atomic E-state index is 0.248. The summed E-state index contributed by atoms with van der Waals surface area (Å²) < 4.78 is 0. The fourth-order valence-corrected chi connectivity index (χ4v) is 1.76. The summed E-state index contributed by atoms with van der Waals surface area (Å²) in [6.07, 6.45) is 1.15. The van der Waals surface area contributed by atoms with E-state index < -0.39 is 0 Å². The molecule has 2 rings (SSSR count). The van der Waals surface area contributed by atoms with E-state index in [1.54, 1.807) is 0 Å². The molecule has 0 radical (unpaired) electrons. The third-order valence-electron chi connectivity index (χ3n) is 3.41. The Morgan fingerprint density at radius 3 is 2.73 bits per heavy atom. The minimum Gasteiger partial charge on any atom is -0.282 e. The molecule has 0 saturated carbocycles. The molecule has 2 nitrogen and oxygen atoms in total. The number of aromatic nitrogens is 2. The SMILES string of the molecule is CCC(C)(C)c1ccc2n[nH]c(C)c2c1. The van der Waals surface area contributed by atoms with Gasteiger partial charge in [0.15, 0.2) is 0 Å². The van der Waals surface area contributed by atoms with Crippen LogP contribution in [0, 0.1) is 6.92 Å². The van der Waals surface area contributed by atoms with Crippen LogP contribution in [0.5, 0.6) is 0 Å². The smallest absolute Gasteiger partial charge is 0.0923 e. The van der Waals surface area contributed by atoms with Gasteiger partial charge in [-0.25, -0.2) is 0 Å². The second-order valence-electron chi connectivity index (χ2n) is 4.82. The molecule has 1 heterocycles. The summed E-state index contributed by atoms with van der Waals surface area (Å²) in [5, 5.41) is 8.51. The van der Waals surface area contributed by atoms with Crippen molar-refractivity contribution < 1.29 is 0 Å². The van der Waals surface area contributed by atoms with E-state index in [2.05, 4.69) is 56.1 Å². The van der Waals surface area contributed by atoms with Crippen molar-refractivity contribution in [3.8, 4) is 0 Å². The number of rotatable bonds is 2. The minimum atomic E-state index is 0.248. The maximum atomic E-state index is 4.24. The molecule has 2 aromatic rings. The number of aryl methyl sites for hydroxylation is 1. The van der Waals surface area contributed by atoms with E-state index in [1.165, 1.54) is 10.9 Å². The molecule has 1 N–H and O–H groups in total. The summed E-state index contributed by atoms with van der Waals surface area (Å²) in [5.41, 5.74) is 3.85. The van der Waals surface area contributed by atoms with Crippen molar-refractivity contribution in [2.24, 2.45) is 0 Å². The van der Waals surface area contributed by atoms with E-state index in [0.29, 0.717) is 0 Å². The maximum absolute atomic E-state index is 4.24. The lowest BCUT2D eigenvalue weighted by Crippen LogP contribution is -2.15. The average Bonchev–Trinajstić information content (AvgIpc) is 2.60. The number of aromatic amines is 1. The molecule has 80 valence electrons. The molecule has 0 amide bonds. The van der Waals surface area contributed by atoms with Crippen LogP contribution in [0.4, 0.5) is 0 Å². The molecule has 0 spiro atoms. The van der Waals surface area contributed by atoms with Gasteiger partial charge in [0.05, 0.1) is 5.52 Å². The quantitative estimate of drug-likeness (QED) is 0.792. The van der Waals surface area contributed by atoms with Crippen LogP contribution in [-0.4, -0.2) is 10.2 Å². The Bertz CT molecular complexity index is 480. The third kappa shape index (κ3) is 1.65. The topological polar surface area (TPSA) is 28.7 Å². The second kappa shape index (κ2) is 3.37. The number of hydrogen-bond acceptors (Lipinski definition) is 1. The Labute approximate surface area is 90.7 Å². The van der Waals surface area contributed by atoms with Crippen molar-refractivity contribution in [1.82, 2.24) is 10.2 Å². The summed E-state index contributed by atoms with van der Waals surface area (Å²) >= 11 is 0. The summed E-state index contributed by atoms with van der Waals surface area (Å²) in [5.74, 6) is 0. The molecule has 1 aromatic carbocycles. The van der Waals surface area contributed by atoms with Gasteiger partial charge in [-0.3, -0.25) is 5.10 Å². The lowest BCUT2D eigenvalue weighted by atomic mass is 9.82. The Morgan fingerprint density at radius 2 is 2.07 bits per heavy atom. The first-order valence-corrected chi connectivity index (χ1v) is 5.50. The first kappa shape index (κ1) is 10.2. The lowest BCUT2D eigenvalue weighted by molar-refractivity contribution is 0.507. The van der Waals surface area contributed by atoms with Gasteiger partial charge in [-0.15, -0.1) is 0 Å². The Morgan fingerprint density at radius 1 is 1.33 bits per heavy atom. The molecule has 2 heteroatoms. The predicted molar refractivity (Wildman–Crippen MR) is 64.1 cm³/mol. The molecule has 0 aliphatic heterocycles. The molecular formula is C13H18N2. The van der Waals surface area contributed by atoms with Gasteiger partial charge in [-0.05, 0) is 36.5 Å². The van der Waals surface area contributed by atoms with E-state index in [0.717, 1.165) is 17.6 Å². The number of nitrogens with zero attached hydrogens (tertiary/aromatic N) is 1. The van der Waals surface area contributed by atoms with Gasteiger partial charge in [-0.2, -0.15) is 5.10 Å². The van der Waals surface area contributed by atoms with Crippen molar-refractivity contribution >= 4 is 10.9 Å².